The van der Waals surface area contributed by atoms with E-state index in [9.17, 15) is 35.1 Å². The van der Waals surface area contributed by atoms with Gasteiger partial charge in [-0.3, -0.25) is 14.4 Å². The van der Waals surface area contributed by atoms with Crippen molar-refractivity contribution in [1.82, 2.24) is 14.9 Å². The first-order chi connectivity index (χ1) is 46.1. The lowest BCUT2D eigenvalue weighted by Crippen LogP contribution is -2.41. The van der Waals surface area contributed by atoms with Crippen LogP contribution in [0.2, 0.25) is 0 Å². The number of aromatic hydroxyl groups is 3. The molecule has 490 valence electrons. The summed E-state index contributed by atoms with van der Waals surface area (Å²) < 4.78 is 21.0. The van der Waals surface area contributed by atoms with E-state index in [0.717, 1.165) is 107 Å². The summed E-state index contributed by atoms with van der Waals surface area (Å²) in [5.41, 5.74) is 6.94. The Balaban J connectivity index is 0.987. The van der Waals surface area contributed by atoms with Crippen molar-refractivity contribution in [3.63, 3.8) is 0 Å². The maximum Gasteiger partial charge on any atom is 0.302 e. The third-order valence-corrected chi connectivity index (χ3v) is 23.5. The van der Waals surface area contributed by atoms with Crippen molar-refractivity contribution in [3.8, 4) is 46.3 Å². The highest BCUT2D eigenvalue weighted by Crippen LogP contribution is 2.73. The molecule has 8 bridgehead atoms. The summed E-state index contributed by atoms with van der Waals surface area (Å²) in [4.78, 5) is 48.9. The van der Waals surface area contributed by atoms with E-state index in [1.54, 1.807) is 37.3 Å². The molecule has 13 atom stereocenters. The number of anilines is 1. The lowest BCUT2D eigenvalue weighted by Gasteiger charge is -2.50. The number of hydrogen-bond acceptors (Lipinski definition) is 13. The summed E-state index contributed by atoms with van der Waals surface area (Å²) in [6.45, 7) is 3.84. The molecule has 7 N–H and O–H groups in total. The number of phenols is 3. The first-order valence-electron chi connectivity index (χ1n) is 34.2. The van der Waals surface area contributed by atoms with Gasteiger partial charge in [0.1, 0.15) is 40.7 Å². The molecule has 0 amide bonds. The Hall–Kier alpha value is -8.97. The molecule has 0 unspecified atom stereocenters. The number of esters is 1. The average molecular weight is 1280 g/mol. The molecule has 15 rings (SSSR count). The van der Waals surface area contributed by atoms with Gasteiger partial charge in [0.05, 0.1) is 30.9 Å². The fourth-order valence-corrected chi connectivity index (χ4v) is 19.5. The molecule has 15 nitrogen and oxygen atoms in total. The first kappa shape index (κ1) is 62.2. The number of ketones is 2. The number of aromatic amines is 1. The number of aliphatic hydroxyl groups excluding tert-OH is 2. The molecule has 4 aromatic carbocycles. The van der Waals surface area contributed by atoms with Crippen molar-refractivity contribution < 1.29 is 54.1 Å². The van der Waals surface area contributed by atoms with Gasteiger partial charge in [-0.1, -0.05) is 90.3 Å². The molecule has 7 aliphatic carbocycles. The molecule has 95 heavy (non-hydrogen) atoms. The zero-order chi connectivity index (χ0) is 65.5. The summed E-state index contributed by atoms with van der Waals surface area (Å²) in [6.07, 6.45) is 33.5. The number of nitrogens with one attached hydrogen (secondary N) is 2. The lowest BCUT2D eigenvalue weighted by molar-refractivity contribution is -0.148. The van der Waals surface area contributed by atoms with Gasteiger partial charge in [0.25, 0.3) is 0 Å². The number of Topliss-reactive ketones (excluding diaryl/α,β-unsaturated/α-hetero) is 2. The standard InChI is InChI=1S/C80H84N4O11/c1-47(86)28-34-83-68-24-21-61-74-64(68)45-84(75(74)67-23-22-65-49(11-9-35-85)25-29-78(65)31-32-79(67,46-78)77(61)92)69(52-37-70(91)76(71(38-52)93-3)95-58-18-8-17-56(89)40-58)42-57(90)41-59(94-48(2)87)26-30-80-53-12-5-13-54(80)15-7-20-66(80)63-44-81-43-62(63)60(19-6-14-53)73(50-10-4-16-55(88)36-50)51-27-33-82-72(83)39-51/h4-5,7-8,10,12-13,16-18,20-24,27,36-40,43-45,49,54,59-60,65-67,69,73,77,81-82,85,88-89,91-92H,9,11,14-15,25-26,28-35,41-42,46H2,1-3H3/t49-,54+,59+,60-,65+,66+,67-,69+,73+,77+,78-,79-,80+/m0/s1. The van der Waals surface area contributed by atoms with Crippen LogP contribution in [0.3, 0.4) is 0 Å². The van der Waals surface area contributed by atoms with E-state index in [1.807, 2.05) is 12.1 Å². The number of carbonyl (C=O) groups is 3. The van der Waals surface area contributed by atoms with Gasteiger partial charge >= 0.3 is 5.97 Å². The summed E-state index contributed by atoms with van der Waals surface area (Å²) in [7, 11) is 1.50. The molecule has 4 heterocycles. The van der Waals surface area contributed by atoms with Gasteiger partial charge in [-0.2, -0.15) is 0 Å². The Kier molecular flexibility index (Phi) is 16.1. The average Bonchev–Trinajstić information content (AvgIpc) is 1.53. The number of H-pyrrole nitrogens is 1. The van der Waals surface area contributed by atoms with Crippen LogP contribution >= 0.6 is 0 Å². The highest BCUT2D eigenvalue weighted by molar-refractivity contribution is 6.01. The molecular weight excluding hydrogens is 1190 g/mol. The number of methoxy groups -OCH3 is 1. The number of nitrogens with zero attached hydrogens (tertiary/aromatic N) is 2. The van der Waals surface area contributed by atoms with Crippen molar-refractivity contribution in [2.24, 2.45) is 34.0 Å². The van der Waals surface area contributed by atoms with Crippen LogP contribution in [0.25, 0.3) is 10.8 Å². The molecule has 9 aliphatic rings. The number of aromatic nitrogens is 2. The van der Waals surface area contributed by atoms with Gasteiger partial charge in [-0.15, -0.1) is 0 Å². The normalized spacial score (nSPS) is 30.1. The third kappa shape index (κ3) is 10.6. The second kappa shape index (κ2) is 24.7. The second-order valence-electron chi connectivity index (χ2n) is 28.5. The van der Waals surface area contributed by atoms with Crippen molar-refractivity contribution in [2.45, 2.75) is 146 Å². The largest absolute Gasteiger partial charge is 0.508 e. The Morgan fingerprint density at radius 3 is 2.52 bits per heavy atom. The predicted molar refractivity (Wildman–Crippen MR) is 363 cm³/mol. The molecule has 2 aromatic heterocycles. The number of aliphatic hydroxyl groups is 2. The van der Waals surface area contributed by atoms with Crippen LogP contribution < -0.4 is 19.7 Å². The molecule has 15 heteroatoms. The third-order valence-electron chi connectivity index (χ3n) is 23.5. The molecule has 0 radical (unpaired) electrons. The number of benzene rings is 4. The van der Waals surface area contributed by atoms with E-state index in [2.05, 4.69) is 123 Å². The van der Waals surface area contributed by atoms with Crippen molar-refractivity contribution in [3.05, 3.63) is 197 Å². The van der Waals surface area contributed by atoms with E-state index >= 15 is 4.79 Å². The lowest BCUT2D eigenvalue weighted by atomic mass is 9.53. The number of dihydropyridines is 1. The van der Waals surface area contributed by atoms with E-state index < -0.39 is 46.9 Å². The first-order valence-corrected chi connectivity index (χ1v) is 34.2. The monoisotopic (exact) mass is 1280 g/mol. The highest BCUT2D eigenvalue weighted by Gasteiger charge is 2.64. The van der Waals surface area contributed by atoms with Gasteiger partial charge in [0.15, 0.2) is 11.5 Å². The Morgan fingerprint density at radius 1 is 0.863 bits per heavy atom. The van der Waals surface area contributed by atoms with E-state index in [1.165, 1.54) is 31.7 Å². The van der Waals surface area contributed by atoms with Crippen LogP contribution in [0, 0.1) is 45.8 Å². The van der Waals surface area contributed by atoms with Crippen LogP contribution in [0.5, 0.6) is 34.5 Å². The minimum atomic E-state index is -0.879. The van der Waals surface area contributed by atoms with E-state index in [-0.39, 0.29) is 108 Å². The van der Waals surface area contributed by atoms with Gasteiger partial charge in [-0.25, -0.2) is 0 Å². The number of ether oxygens (including phenoxy) is 3. The minimum Gasteiger partial charge on any atom is -0.508 e. The Bertz CT molecular complexity index is 4340. The van der Waals surface area contributed by atoms with Crippen LogP contribution in [-0.4, -0.2) is 85.5 Å². The summed E-state index contributed by atoms with van der Waals surface area (Å²) in [5, 5.41) is 63.6. The van der Waals surface area contributed by atoms with Gasteiger partial charge in [0.2, 0.25) is 5.75 Å². The fourth-order valence-electron chi connectivity index (χ4n) is 19.5. The topological polar surface area (TPSA) is 216 Å². The van der Waals surface area contributed by atoms with Gasteiger partial charge in [0, 0.05) is 122 Å². The quantitative estimate of drug-likeness (QED) is 0.0345. The molecule has 2 aliphatic heterocycles. The maximum atomic E-state index is 16.0. The number of phenolic OH excluding ortho intramolecular Hbond substituents is 3. The predicted octanol–water partition coefficient (Wildman–Crippen LogP) is 14.5. The van der Waals surface area contributed by atoms with Crippen LogP contribution in [0.15, 0.2) is 163 Å². The van der Waals surface area contributed by atoms with Crippen LogP contribution in [0.4, 0.5) is 5.69 Å². The summed E-state index contributed by atoms with van der Waals surface area (Å²) in [6, 6.07) is 20.5. The summed E-state index contributed by atoms with van der Waals surface area (Å²) >= 11 is 0. The summed E-state index contributed by atoms with van der Waals surface area (Å²) in [5.74, 6) is 7.31. The number of hydrogen-bond donors (Lipinski definition) is 7. The Morgan fingerprint density at radius 2 is 1.71 bits per heavy atom. The zero-order valence-electron chi connectivity index (χ0n) is 54.2. The zero-order valence-corrected chi connectivity index (χ0v) is 54.2. The number of fused-ring (bicyclic) bond motifs is 4. The van der Waals surface area contributed by atoms with Crippen molar-refractivity contribution in [1.29, 1.82) is 0 Å². The number of carbonyl (C=O) groups excluding carboxylic acids is 3. The highest BCUT2D eigenvalue weighted by atomic mass is 16.5. The Labute approximate surface area is 554 Å². The molecule has 3 spiro atoms. The van der Waals surface area contributed by atoms with Gasteiger partial charge in [-0.05, 0) is 176 Å². The minimum absolute atomic E-state index is 0.00255. The maximum absolute atomic E-state index is 16.0. The molecule has 6 aromatic rings. The number of allylic oxidation sites excluding steroid dienone is 10. The van der Waals surface area contributed by atoms with Crippen LogP contribution in [-0.2, 0) is 19.1 Å². The molecular formula is C80H84N4O11. The van der Waals surface area contributed by atoms with E-state index in [4.69, 9.17) is 14.2 Å². The second-order valence-corrected chi connectivity index (χ2v) is 28.5. The SMILES string of the molecule is COc1cc([C@H]2CC(=O)C[C@H](OC(C)=O)CC[C@@]34C5=CC=C[C@@H]3CC=C[C@@H]4c3c[nH]cc3[C@H](C#CC5)[C@H](c3cccc(O)c3)C3=CCNC(=C3)N(CCC(C)=O)c3ccc4c5c(n2cc35)[C@@H]2C=C[C@@H]3[C@@H](CCCO)CC[C@@]35CC[C@@]2(C5)[C@@H]4O)cc(O)c1Oc1cccc(O)c1. The molecule has 0 saturated heterocycles. The van der Waals surface area contributed by atoms with Crippen molar-refractivity contribution in [2.75, 3.05) is 31.7 Å². The fraction of sp³-hybridized carbons (Fsp3) is 0.412. The number of rotatable bonds is 12. The van der Waals surface area contributed by atoms with Gasteiger partial charge < -0.3 is 59.5 Å². The van der Waals surface area contributed by atoms with E-state index in [0.29, 0.717) is 37.3 Å². The van der Waals surface area contributed by atoms with Crippen molar-refractivity contribution >= 4 is 34.0 Å². The molecule has 2 saturated carbocycles. The smallest absolute Gasteiger partial charge is 0.302 e. The molecule has 2 fully saturated rings. The van der Waals surface area contributed by atoms with Crippen LogP contribution in [0.1, 0.15) is 173 Å².